The van der Waals surface area contributed by atoms with Crippen molar-refractivity contribution >= 4 is 17.4 Å². The smallest absolute Gasteiger partial charge is 0.250 e. The first-order valence-electron chi connectivity index (χ1n) is 9.27. The number of aryl methyl sites for hydroxylation is 1. The lowest BCUT2D eigenvalue weighted by molar-refractivity contribution is -0.117. The Kier molecular flexibility index (Phi) is 4.73. The van der Waals surface area contributed by atoms with Gasteiger partial charge in [-0.1, -0.05) is 6.07 Å². The standard InChI is InChI=1S/C21H23N5O2/c1-13-17(5-4-6-19(13)28-3)25-18-9-10-26(21(18)27)20-8-7-16(14(2)24-20)15-11-22-23-12-15/h4-8,11-12,18,25H,9-10H2,1-3H3,(H,22,23). The number of carbonyl (C=O) groups is 1. The molecular formula is C21H23N5O2. The third-order valence-corrected chi connectivity index (χ3v) is 5.20. The molecule has 4 rings (SSSR count). The van der Waals surface area contributed by atoms with Crippen molar-refractivity contribution in [3.05, 3.63) is 54.0 Å². The van der Waals surface area contributed by atoms with Crippen LogP contribution in [0.4, 0.5) is 11.5 Å². The molecule has 1 atom stereocenters. The average molecular weight is 377 g/mol. The van der Waals surface area contributed by atoms with Crippen LogP contribution in [0.15, 0.2) is 42.7 Å². The van der Waals surface area contributed by atoms with E-state index in [1.807, 2.05) is 50.4 Å². The molecule has 7 nitrogen and oxygen atoms in total. The molecule has 1 aliphatic heterocycles. The first-order chi connectivity index (χ1) is 13.6. The Morgan fingerprint density at radius 3 is 2.82 bits per heavy atom. The van der Waals surface area contributed by atoms with Gasteiger partial charge in [-0.15, -0.1) is 0 Å². The summed E-state index contributed by atoms with van der Waals surface area (Å²) in [7, 11) is 1.65. The van der Waals surface area contributed by atoms with Crippen LogP contribution in [0.2, 0.25) is 0 Å². The molecule has 0 aliphatic carbocycles. The molecule has 0 saturated carbocycles. The van der Waals surface area contributed by atoms with Gasteiger partial charge in [-0.3, -0.25) is 14.8 Å². The van der Waals surface area contributed by atoms with Gasteiger partial charge >= 0.3 is 0 Å². The van der Waals surface area contributed by atoms with Crippen LogP contribution in [-0.2, 0) is 4.79 Å². The number of methoxy groups -OCH3 is 1. The number of amides is 1. The van der Waals surface area contributed by atoms with Crippen LogP contribution in [-0.4, -0.2) is 40.8 Å². The minimum absolute atomic E-state index is 0.0326. The second kappa shape index (κ2) is 7.34. The minimum Gasteiger partial charge on any atom is -0.496 e. The van der Waals surface area contributed by atoms with E-state index in [1.54, 1.807) is 18.2 Å². The molecule has 1 aromatic carbocycles. The summed E-state index contributed by atoms with van der Waals surface area (Å²) >= 11 is 0. The zero-order chi connectivity index (χ0) is 19.7. The fourth-order valence-corrected chi connectivity index (χ4v) is 3.62. The number of benzene rings is 1. The van der Waals surface area contributed by atoms with Gasteiger partial charge in [-0.2, -0.15) is 5.10 Å². The molecule has 1 fully saturated rings. The third-order valence-electron chi connectivity index (χ3n) is 5.20. The minimum atomic E-state index is -0.276. The second-order valence-electron chi connectivity index (χ2n) is 6.90. The molecule has 0 radical (unpaired) electrons. The van der Waals surface area contributed by atoms with Gasteiger partial charge in [0.15, 0.2) is 0 Å². The van der Waals surface area contributed by atoms with E-state index in [2.05, 4.69) is 20.5 Å². The summed E-state index contributed by atoms with van der Waals surface area (Å²) in [6.45, 7) is 4.57. The molecule has 144 valence electrons. The van der Waals surface area contributed by atoms with Gasteiger partial charge in [0.1, 0.15) is 17.6 Å². The van der Waals surface area contributed by atoms with E-state index in [0.717, 1.165) is 40.2 Å². The van der Waals surface area contributed by atoms with Crippen molar-refractivity contribution in [2.24, 2.45) is 0 Å². The summed E-state index contributed by atoms with van der Waals surface area (Å²) in [6, 6.07) is 9.41. The number of anilines is 2. The number of ether oxygens (including phenoxy) is 1. The number of aromatic nitrogens is 3. The summed E-state index contributed by atoms with van der Waals surface area (Å²) in [5.74, 6) is 1.52. The van der Waals surface area contributed by atoms with Crippen molar-refractivity contribution < 1.29 is 9.53 Å². The van der Waals surface area contributed by atoms with Gasteiger partial charge in [0.2, 0.25) is 0 Å². The topological polar surface area (TPSA) is 83.1 Å². The van der Waals surface area contributed by atoms with Crippen LogP contribution >= 0.6 is 0 Å². The Labute approximate surface area is 163 Å². The number of aromatic amines is 1. The van der Waals surface area contributed by atoms with E-state index in [9.17, 15) is 4.79 Å². The van der Waals surface area contributed by atoms with Crippen molar-refractivity contribution in [3.63, 3.8) is 0 Å². The summed E-state index contributed by atoms with van der Waals surface area (Å²) in [6.07, 6.45) is 4.32. The zero-order valence-electron chi connectivity index (χ0n) is 16.2. The van der Waals surface area contributed by atoms with Crippen molar-refractivity contribution in [2.75, 3.05) is 23.9 Å². The SMILES string of the molecule is COc1cccc(NC2CCN(c3ccc(-c4cn[nH]c4)c(C)n3)C2=O)c1C. The zero-order valence-corrected chi connectivity index (χ0v) is 16.2. The molecule has 1 unspecified atom stereocenters. The van der Waals surface area contributed by atoms with Crippen molar-refractivity contribution in [2.45, 2.75) is 26.3 Å². The Balaban J connectivity index is 1.53. The molecule has 0 spiro atoms. The van der Waals surface area contributed by atoms with Gasteiger partial charge in [0.25, 0.3) is 5.91 Å². The van der Waals surface area contributed by atoms with Crippen LogP contribution in [0.1, 0.15) is 17.7 Å². The monoisotopic (exact) mass is 377 g/mol. The van der Waals surface area contributed by atoms with Gasteiger partial charge in [-0.05, 0) is 44.5 Å². The molecule has 1 aliphatic rings. The molecule has 28 heavy (non-hydrogen) atoms. The van der Waals surface area contributed by atoms with Crippen molar-refractivity contribution in [3.8, 4) is 16.9 Å². The van der Waals surface area contributed by atoms with Crippen LogP contribution < -0.4 is 15.0 Å². The number of nitrogens with zero attached hydrogens (tertiary/aromatic N) is 3. The quantitative estimate of drug-likeness (QED) is 0.713. The summed E-state index contributed by atoms with van der Waals surface area (Å²) < 4.78 is 5.37. The average Bonchev–Trinajstić information content (AvgIpc) is 3.34. The van der Waals surface area contributed by atoms with E-state index in [-0.39, 0.29) is 11.9 Å². The van der Waals surface area contributed by atoms with Gasteiger partial charge in [0, 0.05) is 40.8 Å². The molecule has 2 aromatic heterocycles. The van der Waals surface area contributed by atoms with Gasteiger partial charge in [0.05, 0.1) is 13.3 Å². The predicted molar refractivity (Wildman–Crippen MR) is 109 cm³/mol. The first kappa shape index (κ1) is 18.0. The lowest BCUT2D eigenvalue weighted by Crippen LogP contribution is -2.34. The molecule has 7 heteroatoms. The van der Waals surface area contributed by atoms with E-state index < -0.39 is 0 Å². The molecule has 0 bridgehead atoms. The van der Waals surface area contributed by atoms with Gasteiger partial charge < -0.3 is 10.1 Å². The first-order valence-corrected chi connectivity index (χ1v) is 9.27. The number of carbonyl (C=O) groups excluding carboxylic acids is 1. The molecule has 2 N–H and O–H groups in total. The summed E-state index contributed by atoms with van der Waals surface area (Å²) in [5, 5.41) is 10.2. The highest BCUT2D eigenvalue weighted by Crippen LogP contribution is 2.29. The Morgan fingerprint density at radius 2 is 2.11 bits per heavy atom. The lowest BCUT2D eigenvalue weighted by Gasteiger charge is -2.19. The molecule has 3 heterocycles. The number of pyridine rings is 1. The maximum absolute atomic E-state index is 13.0. The van der Waals surface area contributed by atoms with Crippen LogP contribution in [0.5, 0.6) is 5.75 Å². The largest absolute Gasteiger partial charge is 0.496 e. The van der Waals surface area contributed by atoms with Crippen LogP contribution in [0.3, 0.4) is 0 Å². The van der Waals surface area contributed by atoms with Crippen LogP contribution in [0.25, 0.3) is 11.1 Å². The third kappa shape index (κ3) is 3.19. The highest BCUT2D eigenvalue weighted by Gasteiger charge is 2.33. The second-order valence-corrected chi connectivity index (χ2v) is 6.90. The number of hydrogen-bond donors (Lipinski definition) is 2. The molecule has 3 aromatic rings. The maximum atomic E-state index is 13.0. The number of hydrogen-bond acceptors (Lipinski definition) is 5. The fourth-order valence-electron chi connectivity index (χ4n) is 3.62. The maximum Gasteiger partial charge on any atom is 0.250 e. The summed E-state index contributed by atoms with van der Waals surface area (Å²) in [5.41, 5.74) is 4.77. The van der Waals surface area contributed by atoms with E-state index in [0.29, 0.717) is 12.4 Å². The van der Waals surface area contributed by atoms with Crippen LogP contribution in [0, 0.1) is 13.8 Å². The number of H-pyrrole nitrogens is 1. The fraction of sp³-hybridized carbons (Fsp3) is 0.286. The highest BCUT2D eigenvalue weighted by molar-refractivity contribution is 6.00. The van der Waals surface area contributed by atoms with Gasteiger partial charge in [-0.25, -0.2) is 4.98 Å². The van der Waals surface area contributed by atoms with E-state index in [4.69, 9.17) is 4.74 Å². The Morgan fingerprint density at radius 1 is 1.25 bits per heavy atom. The normalized spacial score (nSPS) is 16.5. The Hall–Kier alpha value is -3.35. The Bertz CT molecular complexity index is 1000. The molecular weight excluding hydrogens is 354 g/mol. The lowest BCUT2D eigenvalue weighted by atomic mass is 10.1. The summed E-state index contributed by atoms with van der Waals surface area (Å²) in [4.78, 5) is 19.4. The predicted octanol–water partition coefficient (Wildman–Crippen LogP) is 3.31. The highest BCUT2D eigenvalue weighted by atomic mass is 16.5. The number of rotatable bonds is 5. The van der Waals surface area contributed by atoms with E-state index in [1.165, 1.54) is 0 Å². The van der Waals surface area contributed by atoms with E-state index >= 15 is 0 Å². The molecule has 1 saturated heterocycles. The number of nitrogens with one attached hydrogen (secondary N) is 2. The molecule has 1 amide bonds. The van der Waals surface area contributed by atoms with Crippen molar-refractivity contribution in [1.82, 2.24) is 15.2 Å². The van der Waals surface area contributed by atoms with Crippen molar-refractivity contribution in [1.29, 1.82) is 0 Å².